The summed E-state index contributed by atoms with van der Waals surface area (Å²) in [6.07, 6.45) is 0.672. The van der Waals surface area contributed by atoms with Crippen LogP contribution in [-0.4, -0.2) is 9.78 Å². The van der Waals surface area contributed by atoms with E-state index < -0.39 is 0 Å². The van der Waals surface area contributed by atoms with Crippen molar-refractivity contribution < 1.29 is 4.42 Å². The van der Waals surface area contributed by atoms with Gasteiger partial charge < -0.3 is 4.42 Å². The molecule has 0 N–H and O–H groups in total. The summed E-state index contributed by atoms with van der Waals surface area (Å²) in [5, 5.41) is 5.15. The van der Waals surface area contributed by atoms with Crippen LogP contribution in [0.3, 0.4) is 0 Å². The Bertz CT molecular complexity index is 1050. The van der Waals surface area contributed by atoms with Crippen molar-refractivity contribution >= 4 is 11.1 Å². The van der Waals surface area contributed by atoms with Crippen molar-refractivity contribution in [3.05, 3.63) is 82.6 Å². The molecule has 0 unspecified atom stereocenters. The molecule has 0 bridgehead atoms. The molecule has 0 saturated carbocycles. The molecule has 0 fully saturated rings. The minimum absolute atomic E-state index is 0.0610. The van der Waals surface area contributed by atoms with Crippen molar-refractivity contribution in [2.45, 2.75) is 13.3 Å². The number of nitrogens with zero attached hydrogens (tertiary/aromatic N) is 2. The molecule has 0 spiro atoms. The monoisotopic (exact) mass is 316 g/mol. The van der Waals surface area contributed by atoms with E-state index in [9.17, 15) is 4.79 Å². The van der Waals surface area contributed by atoms with Crippen molar-refractivity contribution in [3.8, 4) is 17.0 Å². The normalized spacial score (nSPS) is 11.0. The van der Waals surface area contributed by atoms with Gasteiger partial charge in [0.1, 0.15) is 11.1 Å². The molecule has 4 rings (SSSR count). The summed E-state index contributed by atoms with van der Waals surface area (Å²) < 4.78 is 7.81. The molecule has 0 radical (unpaired) electrons. The fourth-order valence-electron chi connectivity index (χ4n) is 2.85. The lowest BCUT2D eigenvalue weighted by atomic mass is 10.1. The number of hydrogen-bond acceptors (Lipinski definition) is 3. The van der Waals surface area contributed by atoms with Gasteiger partial charge in [0.15, 0.2) is 5.43 Å². The standard InChI is InChI=1S/C20H16N2O2/c1-2-16-19-17(23)13-18(14-9-5-3-6-10-14)24-20(19)22(21-16)15-11-7-4-8-12-15/h3-13H,2H2,1H3. The van der Waals surface area contributed by atoms with E-state index in [0.29, 0.717) is 23.3 Å². The number of benzene rings is 2. The van der Waals surface area contributed by atoms with Crippen LogP contribution >= 0.6 is 0 Å². The second kappa shape index (κ2) is 5.81. The summed E-state index contributed by atoms with van der Waals surface area (Å²) in [5.74, 6) is 0.549. The van der Waals surface area contributed by atoms with E-state index in [1.165, 1.54) is 0 Å². The molecule has 2 heterocycles. The molecular formula is C20H16N2O2. The van der Waals surface area contributed by atoms with Gasteiger partial charge >= 0.3 is 0 Å². The molecule has 4 nitrogen and oxygen atoms in total. The molecule has 2 aromatic heterocycles. The average Bonchev–Trinajstić information content (AvgIpc) is 3.02. The van der Waals surface area contributed by atoms with Gasteiger partial charge in [0.05, 0.1) is 11.4 Å². The van der Waals surface area contributed by atoms with Gasteiger partial charge in [-0.2, -0.15) is 9.78 Å². The molecule has 24 heavy (non-hydrogen) atoms. The Morgan fingerprint density at radius 1 is 1.00 bits per heavy atom. The molecule has 0 aliphatic heterocycles. The lowest BCUT2D eigenvalue weighted by Gasteiger charge is -2.04. The third-order valence-corrected chi connectivity index (χ3v) is 4.02. The first-order valence-electron chi connectivity index (χ1n) is 7.94. The van der Waals surface area contributed by atoms with Crippen LogP contribution in [0.2, 0.25) is 0 Å². The molecule has 2 aromatic carbocycles. The van der Waals surface area contributed by atoms with Gasteiger partial charge in [-0.1, -0.05) is 55.5 Å². The van der Waals surface area contributed by atoms with Crippen LogP contribution in [0.5, 0.6) is 0 Å². The first-order chi connectivity index (χ1) is 11.8. The van der Waals surface area contributed by atoms with E-state index in [1.54, 1.807) is 10.7 Å². The topological polar surface area (TPSA) is 48.0 Å². The van der Waals surface area contributed by atoms with Gasteiger partial charge in [0.2, 0.25) is 5.71 Å². The highest BCUT2D eigenvalue weighted by atomic mass is 16.3. The van der Waals surface area contributed by atoms with E-state index in [0.717, 1.165) is 16.9 Å². The minimum Gasteiger partial charge on any atom is -0.437 e. The SMILES string of the molecule is CCc1nn(-c2ccccc2)c2oc(-c3ccccc3)cc(=O)c12. The van der Waals surface area contributed by atoms with Gasteiger partial charge in [-0.05, 0) is 18.6 Å². The first-order valence-corrected chi connectivity index (χ1v) is 7.94. The average molecular weight is 316 g/mol. The van der Waals surface area contributed by atoms with Crippen LogP contribution in [0, 0.1) is 0 Å². The molecule has 4 heteroatoms. The van der Waals surface area contributed by atoms with E-state index in [-0.39, 0.29) is 5.43 Å². The van der Waals surface area contributed by atoms with E-state index >= 15 is 0 Å². The Labute approximate surface area is 139 Å². The highest BCUT2D eigenvalue weighted by Crippen LogP contribution is 2.25. The zero-order chi connectivity index (χ0) is 16.5. The van der Waals surface area contributed by atoms with Crippen LogP contribution in [0.25, 0.3) is 28.1 Å². The van der Waals surface area contributed by atoms with E-state index in [2.05, 4.69) is 5.10 Å². The maximum Gasteiger partial charge on any atom is 0.234 e. The third kappa shape index (κ3) is 2.33. The summed E-state index contributed by atoms with van der Waals surface area (Å²) in [6.45, 7) is 1.99. The Kier molecular flexibility index (Phi) is 3.50. The van der Waals surface area contributed by atoms with Gasteiger partial charge in [-0.25, -0.2) is 0 Å². The Morgan fingerprint density at radius 2 is 1.67 bits per heavy atom. The van der Waals surface area contributed by atoms with Gasteiger partial charge in [-0.3, -0.25) is 4.79 Å². The Morgan fingerprint density at radius 3 is 2.33 bits per heavy atom. The molecule has 0 saturated heterocycles. The van der Waals surface area contributed by atoms with E-state index in [4.69, 9.17) is 4.42 Å². The molecule has 118 valence electrons. The quantitative estimate of drug-likeness (QED) is 0.569. The molecule has 0 atom stereocenters. The summed E-state index contributed by atoms with van der Waals surface area (Å²) >= 11 is 0. The molecule has 4 aromatic rings. The zero-order valence-electron chi connectivity index (χ0n) is 13.3. The van der Waals surface area contributed by atoms with Crippen LogP contribution in [0.4, 0.5) is 0 Å². The number of fused-ring (bicyclic) bond motifs is 1. The van der Waals surface area contributed by atoms with Gasteiger partial charge in [0, 0.05) is 11.6 Å². The largest absolute Gasteiger partial charge is 0.437 e. The van der Waals surface area contributed by atoms with Crippen LogP contribution in [0.1, 0.15) is 12.6 Å². The number of hydrogen-bond donors (Lipinski definition) is 0. The maximum atomic E-state index is 12.7. The van der Waals surface area contributed by atoms with E-state index in [1.807, 2.05) is 67.6 Å². The zero-order valence-corrected chi connectivity index (χ0v) is 13.3. The van der Waals surface area contributed by atoms with Crippen molar-refractivity contribution in [3.63, 3.8) is 0 Å². The number of aryl methyl sites for hydroxylation is 1. The maximum absolute atomic E-state index is 12.7. The molecule has 0 amide bonds. The number of aromatic nitrogens is 2. The van der Waals surface area contributed by atoms with Crippen molar-refractivity contribution in [1.29, 1.82) is 0 Å². The van der Waals surface area contributed by atoms with Crippen molar-refractivity contribution in [2.75, 3.05) is 0 Å². The predicted octanol–water partition coefficient (Wildman–Crippen LogP) is 4.21. The summed E-state index contributed by atoms with van der Waals surface area (Å²) in [4.78, 5) is 12.7. The van der Waals surface area contributed by atoms with Crippen molar-refractivity contribution in [1.82, 2.24) is 9.78 Å². The molecule has 0 aliphatic rings. The summed E-state index contributed by atoms with van der Waals surface area (Å²) in [6, 6.07) is 20.9. The Hall–Kier alpha value is -3.14. The summed E-state index contributed by atoms with van der Waals surface area (Å²) in [7, 11) is 0. The number of rotatable bonds is 3. The Balaban J connectivity index is 2.04. The lowest BCUT2D eigenvalue weighted by Crippen LogP contribution is -2.02. The second-order valence-corrected chi connectivity index (χ2v) is 5.57. The van der Waals surface area contributed by atoms with Gasteiger partial charge in [-0.15, -0.1) is 0 Å². The van der Waals surface area contributed by atoms with Crippen molar-refractivity contribution in [2.24, 2.45) is 0 Å². The number of para-hydroxylation sites is 1. The lowest BCUT2D eigenvalue weighted by molar-refractivity contribution is 0.586. The third-order valence-electron chi connectivity index (χ3n) is 4.02. The van der Waals surface area contributed by atoms with Crippen LogP contribution < -0.4 is 5.43 Å². The highest BCUT2D eigenvalue weighted by Gasteiger charge is 2.17. The fraction of sp³-hybridized carbons (Fsp3) is 0.100. The minimum atomic E-state index is -0.0610. The molecular weight excluding hydrogens is 300 g/mol. The predicted molar refractivity (Wildman–Crippen MR) is 94.4 cm³/mol. The molecule has 0 aliphatic carbocycles. The first kappa shape index (κ1) is 14.5. The summed E-state index contributed by atoms with van der Waals surface area (Å²) in [5.41, 5.74) is 2.92. The van der Waals surface area contributed by atoms with Gasteiger partial charge in [0.25, 0.3) is 0 Å². The second-order valence-electron chi connectivity index (χ2n) is 5.57. The van der Waals surface area contributed by atoms with Crippen LogP contribution in [-0.2, 0) is 6.42 Å². The smallest absolute Gasteiger partial charge is 0.234 e. The fourth-order valence-corrected chi connectivity index (χ4v) is 2.85. The highest BCUT2D eigenvalue weighted by molar-refractivity contribution is 5.80. The van der Waals surface area contributed by atoms with Crippen LogP contribution in [0.15, 0.2) is 75.9 Å².